The van der Waals surface area contributed by atoms with Gasteiger partial charge in [-0.25, -0.2) is 4.79 Å². The molecule has 0 aliphatic carbocycles. The molecule has 0 spiro atoms. The van der Waals surface area contributed by atoms with Crippen LogP contribution in [0.15, 0.2) is 64.3 Å². The molecule has 0 atom stereocenters. The molecule has 3 heterocycles. The van der Waals surface area contributed by atoms with Gasteiger partial charge in [-0.3, -0.25) is 22.9 Å². The molecule has 5 aromatic rings. The van der Waals surface area contributed by atoms with Gasteiger partial charge in [-0.05, 0) is 18.6 Å². The van der Waals surface area contributed by atoms with E-state index in [1.165, 1.54) is 9.13 Å². The highest BCUT2D eigenvalue weighted by molar-refractivity contribution is 5.80. The van der Waals surface area contributed by atoms with Crippen molar-refractivity contribution in [3.63, 3.8) is 0 Å². The highest BCUT2D eigenvalue weighted by Crippen LogP contribution is 2.34. The van der Waals surface area contributed by atoms with Gasteiger partial charge in [0.25, 0.3) is 5.56 Å². The summed E-state index contributed by atoms with van der Waals surface area (Å²) in [5.74, 6) is 1.74. The lowest BCUT2D eigenvalue weighted by atomic mass is 10.1. The number of aryl methyl sites for hydroxylation is 1. The van der Waals surface area contributed by atoms with Crippen LogP contribution in [0.4, 0.5) is 0 Å². The van der Waals surface area contributed by atoms with Gasteiger partial charge in [0.2, 0.25) is 5.78 Å². The van der Waals surface area contributed by atoms with Crippen LogP contribution in [0.2, 0.25) is 0 Å². The van der Waals surface area contributed by atoms with E-state index in [-0.39, 0.29) is 11.2 Å². The molecule has 9 heteroatoms. The molecule has 0 fully saturated rings. The molecule has 0 saturated carbocycles. The topological polar surface area (TPSA) is 84.7 Å². The molecule has 2 aromatic carbocycles. The van der Waals surface area contributed by atoms with Gasteiger partial charge in [0.1, 0.15) is 11.5 Å². The van der Waals surface area contributed by atoms with E-state index >= 15 is 0 Å². The number of methoxy groups -OCH3 is 2. The van der Waals surface area contributed by atoms with E-state index in [0.29, 0.717) is 41.4 Å². The van der Waals surface area contributed by atoms with Crippen LogP contribution in [-0.2, 0) is 13.6 Å². The Kier molecular flexibility index (Phi) is 5.24. The van der Waals surface area contributed by atoms with Crippen LogP contribution < -0.4 is 20.7 Å². The Morgan fingerprint density at radius 2 is 1.76 bits per heavy atom. The van der Waals surface area contributed by atoms with Crippen LogP contribution in [0.1, 0.15) is 13.3 Å². The van der Waals surface area contributed by atoms with Gasteiger partial charge in [-0.1, -0.05) is 37.3 Å². The van der Waals surface area contributed by atoms with Crippen molar-refractivity contribution in [2.24, 2.45) is 7.05 Å². The summed E-state index contributed by atoms with van der Waals surface area (Å²) in [6, 6.07) is 15.4. The lowest BCUT2D eigenvalue weighted by Gasteiger charge is -2.14. The Morgan fingerprint density at radius 3 is 2.44 bits per heavy atom. The lowest BCUT2D eigenvalue weighted by molar-refractivity contribution is 0.393. The van der Waals surface area contributed by atoms with Crippen molar-refractivity contribution in [2.75, 3.05) is 14.2 Å². The zero-order valence-electron chi connectivity index (χ0n) is 19.5. The summed E-state index contributed by atoms with van der Waals surface area (Å²) in [4.78, 5) is 31.0. The molecule has 0 N–H and O–H groups in total. The minimum absolute atomic E-state index is 0.332. The van der Waals surface area contributed by atoms with Crippen molar-refractivity contribution in [3.05, 3.63) is 75.6 Å². The summed E-state index contributed by atoms with van der Waals surface area (Å²) in [5, 5.41) is 0. The van der Waals surface area contributed by atoms with Crippen molar-refractivity contribution in [3.8, 4) is 28.4 Å². The first kappa shape index (κ1) is 21.6. The number of rotatable bonds is 6. The maximum Gasteiger partial charge on any atom is 0.332 e. The zero-order chi connectivity index (χ0) is 24.0. The molecule has 0 unspecified atom stereocenters. The number of imidazole rings is 2. The number of benzene rings is 2. The van der Waals surface area contributed by atoms with E-state index < -0.39 is 0 Å². The quantitative estimate of drug-likeness (QED) is 0.389. The second-order valence-electron chi connectivity index (χ2n) is 8.01. The summed E-state index contributed by atoms with van der Waals surface area (Å²) in [6.07, 6.45) is 2.55. The predicted molar refractivity (Wildman–Crippen MR) is 130 cm³/mol. The summed E-state index contributed by atoms with van der Waals surface area (Å²) >= 11 is 0. The Bertz CT molecular complexity index is 1640. The zero-order valence-corrected chi connectivity index (χ0v) is 19.5. The van der Waals surface area contributed by atoms with E-state index in [1.54, 1.807) is 31.7 Å². The van der Waals surface area contributed by atoms with Crippen molar-refractivity contribution in [2.45, 2.75) is 19.9 Å². The second-order valence-corrected chi connectivity index (χ2v) is 8.01. The fourth-order valence-electron chi connectivity index (χ4n) is 4.34. The van der Waals surface area contributed by atoms with Gasteiger partial charge < -0.3 is 9.47 Å². The minimum Gasteiger partial charge on any atom is -0.497 e. The van der Waals surface area contributed by atoms with Gasteiger partial charge in [-0.2, -0.15) is 4.98 Å². The number of ether oxygens (including phenoxy) is 2. The number of aromatic nitrogens is 5. The number of nitrogens with zero attached hydrogens (tertiary/aromatic N) is 5. The largest absolute Gasteiger partial charge is 0.497 e. The third-order valence-electron chi connectivity index (χ3n) is 5.99. The molecule has 0 aliphatic heterocycles. The molecule has 3 aromatic heterocycles. The van der Waals surface area contributed by atoms with Gasteiger partial charge >= 0.3 is 5.69 Å². The van der Waals surface area contributed by atoms with Gasteiger partial charge in [0, 0.05) is 31.4 Å². The van der Waals surface area contributed by atoms with Crippen LogP contribution >= 0.6 is 0 Å². The molecule has 0 saturated heterocycles. The molecule has 34 heavy (non-hydrogen) atoms. The Morgan fingerprint density at radius 1 is 1.00 bits per heavy atom. The number of fused-ring (bicyclic) bond motifs is 3. The van der Waals surface area contributed by atoms with Crippen molar-refractivity contribution >= 4 is 16.9 Å². The van der Waals surface area contributed by atoms with Gasteiger partial charge in [0.05, 0.1) is 25.6 Å². The van der Waals surface area contributed by atoms with E-state index in [4.69, 9.17) is 14.5 Å². The summed E-state index contributed by atoms with van der Waals surface area (Å²) in [7, 11) is 4.83. The molecular weight excluding hydrogens is 434 g/mol. The first-order valence-electron chi connectivity index (χ1n) is 11.0. The Labute approximate surface area is 195 Å². The average molecular weight is 460 g/mol. The SMILES string of the molecule is CCCn1c(=O)c2c(nc3n(-c4ccc(OC)cc4OC)c(-c4ccccc4)cn23)n(C)c1=O. The molecule has 0 aliphatic rings. The number of hydrogen-bond acceptors (Lipinski definition) is 5. The first-order valence-corrected chi connectivity index (χ1v) is 11.0. The van der Waals surface area contributed by atoms with Crippen molar-refractivity contribution in [1.82, 2.24) is 23.1 Å². The van der Waals surface area contributed by atoms with E-state index in [1.807, 2.05) is 60.2 Å². The summed E-state index contributed by atoms with van der Waals surface area (Å²) < 4.78 is 17.4. The highest BCUT2D eigenvalue weighted by Gasteiger charge is 2.23. The van der Waals surface area contributed by atoms with Gasteiger partial charge in [-0.15, -0.1) is 0 Å². The lowest BCUT2D eigenvalue weighted by Crippen LogP contribution is -2.39. The third kappa shape index (κ3) is 3.12. The smallest absolute Gasteiger partial charge is 0.332 e. The van der Waals surface area contributed by atoms with Crippen molar-refractivity contribution < 1.29 is 9.47 Å². The molecule has 0 amide bonds. The van der Waals surface area contributed by atoms with E-state index in [2.05, 4.69) is 0 Å². The summed E-state index contributed by atoms with van der Waals surface area (Å²) in [6.45, 7) is 2.27. The maximum absolute atomic E-state index is 13.4. The molecule has 0 bridgehead atoms. The number of hydrogen-bond donors (Lipinski definition) is 0. The summed E-state index contributed by atoms with van der Waals surface area (Å²) in [5.41, 5.74) is 2.45. The maximum atomic E-state index is 13.4. The van der Waals surface area contributed by atoms with Crippen molar-refractivity contribution in [1.29, 1.82) is 0 Å². The molecule has 5 rings (SSSR count). The van der Waals surface area contributed by atoms with Crippen LogP contribution in [0, 0.1) is 0 Å². The first-order chi connectivity index (χ1) is 16.5. The van der Waals surface area contributed by atoms with E-state index in [0.717, 1.165) is 16.9 Å². The standard InChI is InChI=1S/C25H25N5O4/c1-5-13-28-23(31)21-22(27(2)25(28)32)26-24-29(21)15-19(16-9-7-6-8-10-16)30(24)18-12-11-17(33-3)14-20(18)34-4/h6-12,14-15H,5,13H2,1-4H3. The Balaban J connectivity index is 1.94. The molecule has 9 nitrogen and oxygen atoms in total. The minimum atomic E-state index is -0.378. The van der Waals surface area contributed by atoms with Crippen LogP contribution in [0.3, 0.4) is 0 Å². The van der Waals surface area contributed by atoms with Crippen LogP contribution in [0.25, 0.3) is 33.9 Å². The monoisotopic (exact) mass is 459 g/mol. The van der Waals surface area contributed by atoms with Crippen LogP contribution in [0.5, 0.6) is 11.5 Å². The predicted octanol–water partition coefficient (Wildman–Crippen LogP) is 3.23. The molecular formula is C25H25N5O4. The third-order valence-corrected chi connectivity index (χ3v) is 5.99. The Hall–Kier alpha value is -4.27. The normalized spacial score (nSPS) is 11.4. The molecule has 174 valence electrons. The highest BCUT2D eigenvalue weighted by atomic mass is 16.5. The van der Waals surface area contributed by atoms with Crippen LogP contribution in [-0.4, -0.2) is 37.3 Å². The fourth-order valence-corrected chi connectivity index (χ4v) is 4.34. The van der Waals surface area contributed by atoms with E-state index in [9.17, 15) is 9.59 Å². The molecule has 0 radical (unpaired) electrons. The fraction of sp³-hybridized carbons (Fsp3) is 0.240. The van der Waals surface area contributed by atoms with Gasteiger partial charge in [0.15, 0.2) is 11.2 Å². The average Bonchev–Trinajstić information content (AvgIpc) is 3.42. The second kappa shape index (κ2) is 8.26.